The highest BCUT2D eigenvalue weighted by atomic mass is 16.5. The fourth-order valence-corrected chi connectivity index (χ4v) is 4.68. The average molecular weight is 309 g/mol. The van der Waals surface area contributed by atoms with E-state index < -0.39 is 0 Å². The fraction of sp³-hybridized carbons (Fsp3) is 0.950. The molecule has 0 bridgehead atoms. The lowest BCUT2D eigenvalue weighted by Gasteiger charge is -2.38. The quantitative estimate of drug-likeness (QED) is 0.618. The summed E-state index contributed by atoms with van der Waals surface area (Å²) in [6.45, 7) is 11.3. The summed E-state index contributed by atoms with van der Waals surface area (Å²) >= 11 is 0. The van der Waals surface area contributed by atoms with Crippen LogP contribution >= 0.6 is 0 Å². The van der Waals surface area contributed by atoms with E-state index in [0.717, 1.165) is 6.42 Å². The van der Waals surface area contributed by atoms with Gasteiger partial charge in [0.05, 0.1) is 6.42 Å². The molecule has 2 saturated carbocycles. The van der Waals surface area contributed by atoms with Crippen LogP contribution in [0, 0.1) is 29.1 Å². The first-order chi connectivity index (χ1) is 10.3. The second-order valence-electron chi connectivity index (χ2n) is 9.00. The average Bonchev–Trinajstić information content (AvgIpc) is 2.91. The first-order valence-corrected chi connectivity index (χ1v) is 9.49. The molecule has 0 amide bonds. The normalized spacial score (nSPS) is 30.7. The van der Waals surface area contributed by atoms with Crippen LogP contribution in [-0.2, 0) is 9.53 Å². The van der Waals surface area contributed by atoms with Crippen molar-refractivity contribution in [2.24, 2.45) is 29.1 Å². The maximum Gasteiger partial charge on any atom is 0.306 e. The van der Waals surface area contributed by atoms with Gasteiger partial charge in [-0.2, -0.15) is 0 Å². The summed E-state index contributed by atoms with van der Waals surface area (Å²) < 4.78 is 5.99. The van der Waals surface area contributed by atoms with Gasteiger partial charge in [0.2, 0.25) is 0 Å². The number of ether oxygens (including phenoxy) is 1. The van der Waals surface area contributed by atoms with Crippen molar-refractivity contribution in [2.45, 2.75) is 92.1 Å². The Hall–Kier alpha value is -0.530. The van der Waals surface area contributed by atoms with Gasteiger partial charge in [-0.05, 0) is 54.8 Å². The largest absolute Gasteiger partial charge is 0.462 e. The summed E-state index contributed by atoms with van der Waals surface area (Å²) in [4.78, 5) is 12.5. The highest BCUT2D eigenvalue weighted by Gasteiger charge is 2.37. The monoisotopic (exact) mass is 308 g/mol. The van der Waals surface area contributed by atoms with Gasteiger partial charge < -0.3 is 4.74 Å². The molecule has 2 nitrogen and oxygen atoms in total. The van der Waals surface area contributed by atoms with Crippen LogP contribution in [0.2, 0.25) is 0 Å². The number of carbonyl (C=O) groups excluding carboxylic acids is 1. The van der Waals surface area contributed by atoms with Gasteiger partial charge >= 0.3 is 5.97 Å². The van der Waals surface area contributed by atoms with Crippen molar-refractivity contribution in [1.82, 2.24) is 0 Å². The van der Waals surface area contributed by atoms with Gasteiger partial charge in [-0.3, -0.25) is 4.79 Å². The summed E-state index contributed by atoms with van der Waals surface area (Å²) in [5.74, 6) is 2.59. The highest BCUT2D eigenvalue weighted by molar-refractivity contribution is 5.70. The zero-order valence-electron chi connectivity index (χ0n) is 15.4. The maximum absolute atomic E-state index is 12.5. The van der Waals surface area contributed by atoms with Crippen molar-refractivity contribution >= 4 is 5.97 Å². The standard InChI is InChI=1S/C20H36O2/c1-14(2)17-11-10-15(3)12-18(17)22-19(21)13-20(4,5)16-8-6-7-9-16/h14-18H,6-13H2,1-5H3/t15-,17+,18-/m1/s1. The molecule has 0 saturated heterocycles. The Morgan fingerprint density at radius 3 is 2.36 bits per heavy atom. The van der Waals surface area contributed by atoms with Crippen molar-refractivity contribution in [3.8, 4) is 0 Å². The third kappa shape index (κ3) is 4.49. The summed E-state index contributed by atoms with van der Waals surface area (Å²) in [5, 5.41) is 0. The van der Waals surface area contributed by atoms with Gasteiger partial charge in [0.15, 0.2) is 0 Å². The Kier molecular flexibility index (Phi) is 5.96. The van der Waals surface area contributed by atoms with Crippen molar-refractivity contribution in [1.29, 1.82) is 0 Å². The number of carbonyl (C=O) groups is 1. The zero-order valence-corrected chi connectivity index (χ0v) is 15.4. The molecule has 0 aromatic heterocycles. The van der Waals surface area contributed by atoms with Crippen LogP contribution in [0.4, 0.5) is 0 Å². The summed E-state index contributed by atoms with van der Waals surface area (Å²) in [6, 6.07) is 0. The zero-order chi connectivity index (χ0) is 16.3. The third-order valence-electron chi connectivity index (χ3n) is 6.30. The molecule has 0 aromatic rings. The molecule has 0 heterocycles. The summed E-state index contributed by atoms with van der Waals surface area (Å²) in [5.41, 5.74) is 0.0984. The number of hydrogen-bond acceptors (Lipinski definition) is 2. The van der Waals surface area contributed by atoms with Crippen LogP contribution in [0.1, 0.15) is 86.0 Å². The van der Waals surface area contributed by atoms with Gasteiger partial charge in [0.1, 0.15) is 6.10 Å². The molecular weight excluding hydrogens is 272 g/mol. The highest BCUT2D eigenvalue weighted by Crippen LogP contribution is 2.42. The molecule has 2 heteroatoms. The number of rotatable bonds is 5. The van der Waals surface area contributed by atoms with Gasteiger partial charge in [0.25, 0.3) is 0 Å². The van der Waals surface area contributed by atoms with Crippen molar-refractivity contribution in [2.75, 3.05) is 0 Å². The minimum absolute atomic E-state index is 0.0432. The van der Waals surface area contributed by atoms with Gasteiger partial charge in [-0.15, -0.1) is 0 Å². The molecule has 0 radical (unpaired) electrons. The van der Waals surface area contributed by atoms with Gasteiger partial charge in [-0.1, -0.05) is 53.9 Å². The SMILES string of the molecule is CC(C)[C@@H]1CC[C@@H](C)C[C@H]1OC(=O)CC(C)(C)C1CCCC1. The predicted molar refractivity (Wildman–Crippen MR) is 91.6 cm³/mol. The van der Waals surface area contributed by atoms with Crippen molar-refractivity contribution < 1.29 is 9.53 Å². The Morgan fingerprint density at radius 1 is 1.14 bits per heavy atom. The van der Waals surface area contributed by atoms with Crippen molar-refractivity contribution in [3.05, 3.63) is 0 Å². The molecule has 0 N–H and O–H groups in total. The van der Waals surface area contributed by atoms with Gasteiger partial charge in [-0.25, -0.2) is 0 Å². The predicted octanol–water partition coefficient (Wildman–Crippen LogP) is 5.60. The molecule has 128 valence electrons. The minimum atomic E-state index is 0.0432. The first-order valence-electron chi connectivity index (χ1n) is 9.49. The lowest BCUT2D eigenvalue weighted by atomic mass is 9.74. The van der Waals surface area contributed by atoms with Crippen LogP contribution in [0.25, 0.3) is 0 Å². The van der Waals surface area contributed by atoms with E-state index in [-0.39, 0.29) is 17.5 Å². The Bertz CT molecular complexity index is 366. The van der Waals surface area contributed by atoms with E-state index in [1.165, 1.54) is 38.5 Å². The van der Waals surface area contributed by atoms with E-state index in [1.54, 1.807) is 0 Å². The van der Waals surface area contributed by atoms with E-state index in [9.17, 15) is 4.79 Å². The Morgan fingerprint density at radius 2 is 1.77 bits per heavy atom. The van der Waals surface area contributed by atoms with E-state index in [1.807, 2.05) is 0 Å². The van der Waals surface area contributed by atoms with E-state index in [2.05, 4.69) is 34.6 Å². The molecule has 2 fully saturated rings. The topological polar surface area (TPSA) is 26.3 Å². The Balaban J connectivity index is 1.91. The molecule has 0 aliphatic heterocycles. The Labute approximate surface area is 137 Å². The molecular formula is C20H36O2. The molecule has 22 heavy (non-hydrogen) atoms. The second kappa shape index (κ2) is 7.36. The van der Waals surface area contributed by atoms with Crippen LogP contribution in [0.3, 0.4) is 0 Å². The lowest BCUT2D eigenvalue weighted by molar-refractivity contribution is -0.159. The summed E-state index contributed by atoms with van der Waals surface area (Å²) in [7, 11) is 0. The van der Waals surface area contributed by atoms with Gasteiger partial charge in [0, 0.05) is 0 Å². The van der Waals surface area contributed by atoms with Crippen LogP contribution in [-0.4, -0.2) is 12.1 Å². The van der Waals surface area contributed by atoms with E-state index in [4.69, 9.17) is 4.74 Å². The molecule has 0 spiro atoms. The van der Waals surface area contributed by atoms with E-state index in [0.29, 0.717) is 30.1 Å². The van der Waals surface area contributed by atoms with Crippen LogP contribution < -0.4 is 0 Å². The van der Waals surface area contributed by atoms with Crippen molar-refractivity contribution in [3.63, 3.8) is 0 Å². The summed E-state index contributed by atoms with van der Waals surface area (Å²) in [6.07, 6.45) is 9.52. The smallest absolute Gasteiger partial charge is 0.306 e. The molecule has 2 aliphatic rings. The third-order valence-corrected chi connectivity index (χ3v) is 6.30. The van der Waals surface area contributed by atoms with E-state index >= 15 is 0 Å². The number of hydrogen-bond donors (Lipinski definition) is 0. The lowest BCUT2D eigenvalue weighted by Crippen LogP contribution is -2.37. The van der Waals surface area contributed by atoms with Crippen LogP contribution in [0.5, 0.6) is 0 Å². The number of esters is 1. The molecule has 3 atom stereocenters. The molecule has 0 aromatic carbocycles. The fourth-order valence-electron chi connectivity index (χ4n) is 4.68. The molecule has 2 rings (SSSR count). The molecule has 2 aliphatic carbocycles. The molecule has 0 unspecified atom stereocenters. The van der Waals surface area contributed by atoms with Crippen LogP contribution in [0.15, 0.2) is 0 Å². The minimum Gasteiger partial charge on any atom is -0.462 e. The maximum atomic E-state index is 12.5. The first kappa shape index (κ1) is 17.8. The second-order valence-corrected chi connectivity index (χ2v) is 9.00.